The van der Waals surface area contributed by atoms with E-state index in [1.165, 1.54) is 74.2 Å². The summed E-state index contributed by atoms with van der Waals surface area (Å²) < 4.78 is 18.2. The molecule has 0 spiro atoms. The minimum absolute atomic E-state index is 0.0125. The van der Waals surface area contributed by atoms with Crippen molar-refractivity contribution in [3.63, 3.8) is 0 Å². The van der Waals surface area contributed by atoms with Crippen molar-refractivity contribution in [3.8, 4) is 28.2 Å². The zero-order chi connectivity index (χ0) is 57.9. The molecule has 6 amide bonds. The molecule has 0 radical (unpaired) electrons. The molecule has 8 rings (SSSR count). The first-order valence-electron chi connectivity index (χ1n) is 26.7. The molecule has 6 aliphatic rings. The van der Waals surface area contributed by atoms with Crippen molar-refractivity contribution >= 4 is 64.3 Å². The lowest BCUT2D eigenvalue weighted by atomic mass is 9.89. The van der Waals surface area contributed by atoms with E-state index in [1.54, 1.807) is 0 Å². The van der Waals surface area contributed by atoms with Gasteiger partial charge in [-0.25, -0.2) is 4.79 Å². The van der Waals surface area contributed by atoms with Crippen LogP contribution in [0.3, 0.4) is 0 Å². The Balaban J connectivity index is 1.07. The van der Waals surface area contributed by atoms with Gasteiger partial charge >= 0.3 is 5.97 Å². The average molecular weight is 1110 g/mol. The Morgan fingerprint density at radius 1 is 0.662 bits per heavy atom. The van der Waals surface area contributed by atoms with Crippen molar-refractivity contribution in [1.82, 2.24) is 24.9 Å². The number of hydrogen-bond donors (Lipinski definition) is 8. The maximum Gasteiger partial charge on any atom is 0.336 e. The first kappa shape index (κ1) is 57.8. The standard InChI is InChI=1S/C55H70N12O13/c1-27(2)25-78-34-16-40(48(56)71)67(24-34)51(74)42-12-30(19-63-55(59)60)21-65(42)50(73)41-11-29(18-62-54(57)58)22-66(41)52(75)43-17-35(79-26-28(3)4)23-64(43)46(70)20-61-49(72)31-5-8-36(53(76)77)39(13-31)47-37-9-6-32(68)14-44(37)80-45-15-33(69)7-10-38(45)47/h5-10,13-15,27-30,34-35,40-43,68H,11-12,16-26H2,1-4H3,(H2,56,71)(H,61,72)(H,76,77)(H4,57,58,62)(H4,59,60,63)/t29-,30-,34+,35+,40-,41-,42-,43-/m0/s1. The molecular formula is C55H70N12O13. The summed E-state index contributed by atoms with van der Waals surface area (Å²) in [6.45, 7) is 8.05. The van der Waals surface area contributed by atoms with Gasteiger partial charge in [-0.05, 0) is 84.5 Å². The van der Waals surface area contributed by atoms with Crippen LogP contribution in [0.15, 0.2) is 73.8 Å². The quantitative estimate of drug-likeness (QED) is 0.0359. The van der Waals surface area contributed by atoms with Crippen LogP contribution in [0.25, 0.3) is 33.4 Å². The number of hydrogen-bond acceptors (Lipinski definition) is 14. The van der Waals surface area contributed by atoms with E-state index in [2.05, 4.69) is 15.3 Å². The van der Waals surface area contributed by atoms with Gasteiger partial charge in [0, 0.05) is 99.5 Å². The molecule has 5 heterocycles. The Bertz CT molecular complexity index is 3140. The van der Waals surface area contributed by atoms with Gasteiger partial charge in [-0.1, -0.05) is 27.7 Å². The predicted molar refractivity (Wildman–Crippen MR) is 293 cm³/mol. The van der Waals surface area contributed by atoms with Crippen LogP contribution in [-0.2, 0) is 33.4 Å². The number of primary amides is 1. The SMILES string of the molecule is CC(C)CO[C@@H]1C[C@@H](C(=O)N2C[C@H](CN=C(N)N)C[C@H]2C(=O)N2C[C@H](CN=C(N)N)C[C@H]2C(=O)N2C[C@H](OCC(C)C)C[C@H]2C(N)=O)N(C(=O)CNC(=O)c2ccc(C(=O)O)c(-c3c4ccc(=O)cc-4oc4cc(O)ccc34)c2)C1. The molecule has 25 nitrogen and oxygen atoms in total. The van der Waals surface area contributed by atoms with Crippen LogP contribution in [0.2, 0.25) is 0 Å². The number of aromatic hydroxyl groups is 1. The molecule has 8 atom stereocenters. The van der Waals surface area contributed by atoms with E-state index in [1.807, 2.05) is 27.7 Å². The molecule has 0 aromatic heterocycles. The number of carbonyl (C=O) groups is 7. The number of nitrogens with zero attached hydrogens (tertiary/aromatic N) is 6. The third kappa shape index (κ3) is 12.9. The molecule has 0 bridgehead atoms. The van der Waals surface area contributed by atoms with Gasteiger partial charge < -0.3 is 77.7 Å². The monoisotopic (exact) mass is 1110 g/mol. The molecule has 80 heavy (non-hydrogen) atoms. The number of amides is 6. The van der Waals surface area contributed by atoms with Crippen molar-refractivity contribution in [1.29, 1.82) is 0 Å². The highest BCUT2D eigenvalue weighted by Gasteiger charge is 2.52. The van der Waals surface area contributed by atoms with Crippen LogP contribution in [0.1, 0.15) is 74.1 Å². The molecule has 4 fully saturated rings. The summed E-state index contributed by atoms with van der Waals surface area (Å²) in [6.07, 6.45) is -0.699. The predicted octanol–water partition coefficient (Wildman–Crippen LogP) is 0.449. The molecule has 428 valence electrons. The Kier molecular flexibility index (Phi) is 17.6. The van der Waals surface area contributed by atoms with Gasteiger partial charge in [0.15, 0.2) is 17.3 Å². The Morgan fingerprint density at radius 3 is 1.74 bits per heavy atom. The second-order valence-corrected chi connectivity index (χ2v) is 22.0. The summed E-state index contributed by atoms with van der Waals surface area (Å²) in [5, 5.41) is 23.7. The van der Waals surface area contributed by atoms with Crippen LogP contribution < -0.4 is 39.4 Å². The summed E-state index contributed by atoms with van der Waals surface area (Å²) in [5.41, 5.74) is 29.0. The number of rotatable bonds is 19. The summed E-state index contributed by atoms with van der Waals surface area (Å²) in [6, 6.07) is 7.61. The highest BCUT2D eigenvalue weighted by atomic mass is 16.5. The molecule has 0 saturated carbocycles. The summed E-state index contributed by atoms with van der Waals surface area (Å²) >= 11 is 0. The van der Waals surface area contributed by atoms with Gasteiger partial charge in [0.1, 0.15) is 41.3 Å². The fourth-order valence-corrected chi connectivity index (χ4v) is 11.2. The van der Waals surface area contributed by atoms with Gasteiger partial charge in [-0.2, -0.15) is 0 Å². The molecule has 4 saturated heterocycles. The number of nitrogens with two attached hydrogens (primary N) is 5. The molecule has 5 aliphatic heterocycles. The molecule has 25 heteroatoms. The molecule has 13 N–H and O–H groups in total. The fraction of sp³-hybridized carbons (Fsp3) is 0.491. The molecule has 2 aromatic carbocycles. The van der Waals surface area contributed by atoms with E-state index in [9.17, 15) is 39.0 Å². The summed E-state index contributed by atoms with van der Waals surface area (Å²) in [4.78, 5) is 126. The number of nitrogens with one attached hydrogen (secondary N) is 1. The maximum absolute atomic E-state index is 15.3. The van der Waals surface area contributed by atoms with E-state index in [0.29, 0.717) is 29.7 Å². The number of aliphatic imine (C=N–C) groups is 2. The van der Waals surface area contributed by atoms with Crippen LogP contribution in [0.4, 0.5) is 0 Å². The number of aromatic carboxylic acids is 1. The number of ether oxygens (including phenoxy) is 2. The van der Waals surface area contributed by atoms with Crippen LogP contribution >= 0.6 is 0 Å². The number of carbonyl (C=O) groups excluding carboxylic acids is 6. The van der Waals surface area contributed by atoms with Crippen molar-refractivity contribution in [3.05, 3.63) is 75.9 Å². The average Bonchev–Trinajstić information content (AvgIpc) is 4.37. The van der Waals surface area contributed by atoms with Crippen LogP contribution in [-0.4, -0.2) is 179 Å². The van der Waals surface area contributed by atoms with Gasteiger partial charge in [0.2, 0.25) is 29.5 Å². The highest BCUT2D eigenvalue weighted by Crippen LogP contribution is 2.43. The largest absolute Gasteiger partial charge is 0.508 e. The minimum Gasteiger partial charge on any atom is -0.508 e. The maximum atomic E-state index is 15.3. The number of benzene rings is 3. The topological polar surface area (TPSA) is 388 Å². The number of phenols is 1. The third-order valence-corrected chi connectivity index (χ3v) is 14.9. The van der Waals surface area contributed by atoms with Crippen molar-refractivity contribution in [2.45, 2.75) is 89.8 Å². The van der Waals surface area contributed by atoms with E-state index < -0.39 is 96.2 Å². The zero-order valence-corrected chi connectivity index (χ0v) is 45.1. The summed E-state index contributed by atoms with van der Waals surface area (Å²) in [5.74, 6) is -6.20. The number of guanidine groups is 2. The Morgan fingerprint density at radius 2 is 1.20 bits per heavy atom. The third-order valence-electron chi connectivity index (χ3n) is 14.9. The van der Waals surface area contributed by atoms with E-state index in [0.717, 1.165) is 0 Å². The van der Waals surface area contributed by atoms with Gasteiger partial charge in [0.05, 0.1) is 24.3 Å². The molecular weight excluding hydrogens is 1040 g/mol. The second kappa shape index (κ2) is 24.4. The van der Waals surface area contributed by atoms with Gasteiger partial charge in [-0.15, -0.1) is 0 Å². The Labute approximate surface area is 460 Å². The fourth-order valence-electron chi connectivity index (χ4n) is 11.2. The summed E-state index contributed by atoms with van der Waals surface area (Å²) in [7, 11) is 0. The number of fused-ring (bicyclic) bond motifs is 2. The van der Waals surface area contributed by atoms with Gasteiger partial charge in [-0.3, -0.25) is 43.5 Å². The minimum atomic E-state index is -1.32. The highest BCUT2D eigenvalue weighted by molar-refractivity contribution is 6.09. The number of carboxylic acids is 1. The lowest BCUT2D eigenvalue weighted by molar-refractivity contribution is -0.152. The van der Waals surface area contributed by atoms with Crippen molar-refractivity contribution in [2.75, 3.05) is 59.0 Å². The van der Waals surface area contributed by atoms with E-state index in [4.69, 9.17) is 42.6 Å². The van der Waals surface area contributed by atoms with Crippen molar-refractivity contribution < 1.29 is 57.7 Å². The number of carboxylic acid groups (broad SMARTS) is 1. The van der Waals surface area contributed by atoms with E-state index >= 15 is 9.59 Å². The number of likely N-dealkylation sites (tertiary alicyclic amines) is 4. The second-order valence-electron chi connectivity index (χ2n) is 22.0. The molecule has 1 aliphatic carbocycles. The normalized spacial score (nSPS) is 22.8. The lowest BCUT2D eigenvalue weighted by Gasteiger charge is -2.35. The Hall–Kier alpha value is -8.32. The first-order valence-corrected chi connectivity index (χ1v) is 26.7. The lowest BCUT2D eigenvalue weighted by Crippen LogP contribution is -2.57. The molecule has 0 unspecified atom stereocenters. The molecule has 2 aromatic rings. The van der Waals surface area contributed by atoms with Crippen molar-refractivity contribution in [2.24, 2.45) is 62.3 Å². The van der Waals surface area contributed by atoms with Crippen LogP contribution in [0.5, 0.6) is 5.75 Å². The van der Waals surface area contributed by atoms with Crippen LogP contribution in [0, 0.1) is 23.7 Å². The van der Waals surface area contributed by atoms with E-state index in [-0.39, 0.29) is 128 Å². The smallest absolute Gasteiger partial charge is 0.336 e. The first-order chi connectivity index (χ1) is 38.0. The van der Waals surface area contributed by atoms with Gasteiger partial charge in [0.25, 0.3) is 5.91 Å². The zero-order valence-electron chi connectivity index (χ0n) is 45.1. The number of phenolic OH excluding ortho intramolecular Hbond substituents is 1.